The van der Waals surface area contributed by atoms with E-state index in [0.717, 1.165) is 39.0 Å². The molecule has 2 saturated heterocycles. The van der Waals surface area contributed by atoms with Crippen LogP contribution in [0, 0.1) is 0 Å². The average molecular weight is 355 g/mol. The van der Waals surface area contributed by atoms with Gasteiger partial charge in [-0.15, -0.1) is 0 Å². The number of nitrogens with one attached hydrogen (secondary N) is 2. The van der Waals surface area contributed by atoms with Crippen molar-refractivity contribution in [3.05, 3.63) is 0 Å². The van der Waals surface area contributed by atoms with E-state index in [9.17, 15) is 4.79 Å². The smallest absolute Gasteiger partial charge is 0.234 e. The number of piperidine rings is 2. The zero-order chi connectivity index (χ0) is 18.1. The molecule has 2 heterocycles. The molecule has 0 spiro atoms. The summed E-state index contributed by atoms with van der Waals surface area (Å²) >= 11 is 0. The normalized spacial score (nSPS) is 21.8. The molecule has 0 aromatic heterocycles. The molecule has 0 saturated carbocycles. The fourth-order valence-electron chi connectivity index (χ4n) is 3.66. The SMILES string of the molecule is CCN1CCC(OC2CCN(CC(=O)NCCNC(C)C)CC2)CC1. The van der Waals surface area contributed by atoms with Crippen LogP contribution < -0.4 is 10.6 Å². The van der Waals surface area contributed by atoms with E-state index in [1.54, 1.807) is 0 Å². The van der Waals surface area contributed by atoms with Crippen molar-refractivity contribution in [1.29, 1.82) is 0 Å². The van der Waals surface area contributed by atoms with Gasteiger partial charge in [0.1, 0.15) is 0 Å². The van der Waals surface area contributed by atoms with Crippen molar-refractivity contribution in [2.24, 2.45) is 0 Å². The third-order valence-electron chi connectivity index (χ3n) is 5.27. The average Bonchev–Trinajstić information content (AvgIpc) is 2.61. The lowest BCUT2D eigenvalue weighted by atomic mass is 10.0. The molecule has 6 nitrogen and oxygen atoms in total. The molecule has 0 radical (unpaired) electrons. The summed E-state index contributed by atoms with van der Waals surface area (Å²) in [5.74, 6) is 0.136. The minimum Gasteiger partial charge on any atom is -0.375 e. The highest BCUT2D eigenvalue weighted by Crippen LogP contribution is 2.20. The summed E-state index contributed by atoms with van der Waals surface area (Å²) in [6.45, 7) is 13.9. The summed E-state index contributed by atoms with van der Waals surface area (Å²) < 4.78 is 6.32. The van der Waals surface area contributed by atoms with Crippen LogP contribution in [0.25, 0.3) is 0 Å². The number of ether oxygens (including phenoxy) is 1. The van der Waals surface area contributed by atoms with E-state index in [0.29, 0.717) is 31.3 Å². The van der Waals surface area contributed by atoms with E-state index in [1.165, 1.54) is 25.9 Å². The highest BCUT2D eigenvalue weighted by Gasteiger charge is 2.26. The van der Waals surface area contributed by atoms with Gasteiger partial charge in [0.2, 0.25) is 5.91 Å². The molecule has 0 aromatic carbocycles. The molecule has 0 aliphatic carbocycles. The van der Waals surface area contributed by atoms with Crippen LogP contribution in [0.3, 0.4) is 0 Å². The lowest BCUT2D eigenvalue weighted by Gasteiger charge is -2.36. The van der Waals surface area contributed by atoms with Gasteiger partial charge in [0, 0.05) is 45.3 Å². The van der Waals surface area contributed by atoms with Gasteiger partial charge in [-0.1, -0.05) is 20.8 Å². The lowest BCUT2D eigenvalue weighted by molar-refractivity contribution is -0.123. The molecule has 2 fully saturated rings. The third kappa shape index (κ3) is 8.03. The minimum absolute atomic E-state index is 0.136. The fraction of sp³-hybridized carbons (Fsp3) is 0.947. The second kappa shape index (κ2) is 11.1. The van der Waals surface area contributed by atoms with Gasteiger partial charge in [-0.2, -0.15) is 0 Å². The summed E-state index contributed by atoms with van der Waals surface area (Å²) in [6.07, 6.45) is 5.26. The van der Waals surface area contributed by atoms with Crippen LogP contribution in [0.4, 0.5) is 0 Å². The van der Waals surface area contributed by atoms with E-state index >= 15 is 0 Å². The monoisotopic (exact) mass is 354 g/mol. The summed E-state index contributed by atoms with van der Waals surface area (Å²) in [5, 5.41) is 6.30. The standard InChI is InChI=1S/C19H38N4O2/c1-4-22-11-5-17(6-12-22)25-18-7-13-23(14-8-18)15-19(24)21-10-9-20-16(2)3/h16-18,20H,4-15H2,1-3H3,(H,21,24). The largest absolute Gasteiger partial charge is 0.375 e. The Kier molecular flexibility index (Phi) is 9.17. The Bertz CT molecular complexity index is 376. The molecule has 0 atom stereocenters. The first-order valence-electron chi connectivity index (χ1n) is 10.2. The zero-order valence-electron chi connectivity index (χ0n) is 16.4. The maximum Gasteiger partial charge on any atom is 0.234 e. The molecule has 0 aromatic rings. The topological polar surface area (TPSA) is 56.8 Å². The van der Waals surface area contributed by atoms with Crippen LogP contribution >= 0.6 is 0 Å². The van der Waals surface area contributed by atoms with Crippen molar-refractivity contribution in [3.8, 4) is 0 Å². The molecule has 25 heavy (non-hydrogen) atoms. The summed E-state index contributed by atoms with van der Waals surface area (Å²) in [5.41, 5.74) is 0. The number of hydrogen-bond acceptors (Lipinski definition) is 5. The number of nitrogens with zero attached hydrogens (tertiary/aromatic N) is 2. The first-order chi connectivity index (χ1) is 12.1. The van der Waals surface area contributed by atoms with Crippen LogP contribution in [0.1, 0.15) is 46.5 Å². The van der Waals surface area contributed by atoms with Crippen LogP contribution in [0.2, 0.25) is 0 Å². The Balaban J connectivity index is 1.54. The Morgan fingerprint density at radius 2 is 1.56 bits per heavy atom. The van der Waals surface area contributed by atoms with Gasteiger partial charge in [0.05, 0.1) is 18.8 Å². The maximum absolute atomic E-state index is 12.0. The van der Waals surface area contributed by atoms with Gasteiger partial charge in [-0.3, -0.25) is 9.69 Å². The van der Waals surface area contributed by atoms with Crippen LogP contribution in [-0.4, -0.2) is 86.3 Å². The van der Waals surface area contributed by atoms with Crippen LogP contribution in [0.5, 0.6) is 0 Å². The Morgan fingerprint density at radius 1 is 1.00 bits per heavy atom. The molecule has 0 unspecified atom stereocenters. The molecule has 2 rings (SSSR count). The zero-order valence-corrected chi connectivity index (χ0v) is 16.4. The molecule has 2 aliphatic heterocycles. The Hall–Kier alpha value is -0.690. The van der Waals surface area contributed by atoms with Crippen molar-refractivity contribution in [2.75, 3.05) is 52.4 Å². The molecule has 6 heteroatoms. The van der Waals surface area contributed by atoms with Crippen molar-refractivity contribution in [1.82, 2.24) is 20.4 Å². The number of hydrogen-bond donors (Lipinski definition) is 2. The summed E-state index contributed by atoms with van der Waals surface area (Å²) in [7, 11) is 0. The van der Waals surface area contributed by atoms with Gasteiger partial charge in [-0.25, -0.2) is 0 Å². The van der Waals surface area contributed by atoms with Crippen molar-refractivity contribution >= 4 is 5.91 Å². The molecule has 2 aliphatic rings. The summed E-state index contributed by atoms with van der Waals surface area (Å²) in [6, 6.07) is 0.463. The van der Waals surface area contributed by atoms with E-state index in [1.807, 2.05) is 0 Å². The number of carbonyl (C=O) groups is 1. The van der Waals surface area contributed by atoms with Crippen molar-refractivity contribution < 1.29 is 9.53 Å². The first-order valence-corrected chi connectivity index (χ1v) is 10.2. The predicted octanol–water partition coefficient (Wildman–Crippen LogP) is 1.07. The quantitative estimate of drug-likeness (QED) is 0.607. The first kappa shape index (κ1) is 20.6. The maximum atomic E-state index is 12.0. The fourth-order valence-corrected chi connectivity index (χ4v) is 3.66. The molecule has 0 bridgehead atoms. The molecule has 146 valence electrons. The summed E-state index contributed by atoms with van der Waals surface area (Å²) in [4.78, 5) is 16.7. The number of carbonyl (C=O) groups excluding carboxylic acids is 1. The van der Waals surface area contributed by atoms with E-state index in [2.05, 4.69) is 41.2 Å². The van der Waals surface area contributed by atoms with Crippen molar-refractivity contribution in [2.45, 2.75) is 64.7 Å². The number of amides is 1. The van der Waals surface area contributed by atoms with Crippen molar-refractivity contribution in [3.63, 3.8) is 0 Å². The van der Waals surface area contributed by atoms with E-state index in [4.69, 9.17) is 4.74 Å². The Labute approximate surface area is 153 Å². The molecular formula is C19H38N4O2. The van der Waals surface area contributed by atoms with Crippen LogP contribution in [-0.2, 0) is 9.53 Å². The van der Waals surface area contributed by atoms with Gasteiger partial charge in [0.25, 0.3) is 0 Å². The van der Waals surface area contributed by atoms with Gasteiger partial charge >= 0.3 is 0 Å². The second-order valence-corrected chi connectivity index (χ2v) is 7.70. The minimum atomic E-state index is 0.136. The van der Waals surface area contributed by atoms with Gasteiger partial charge < -0.3 is 20.3 Å². The third-order valence-corrected chi connectivity index (χ3v) is 5.27. The van der Waals surface area contributed by atoms with Gasteiger partial charge in [0.15, 0.2) is 0 Å². The molecule has 2 N–H and O–H groups in total. The molecular weight excluding hydrogens is 316 g/mol. The lowest BCUT2D eigenvalue weighted by Crippen LogP contribution is -2.45. The number of likely N-dealkylation sites (tertiary alicyclic amines) is 2. The van der Waals surface area contributed by atoms with E-state index in [-0.39, 0.29) is 5.91 Å². The van der Waals surface area contributed by atoms with E-state index < -0.39 is 0 Å². The Morgan fingerprint density at radius 3 is 2.08 bits per heavy atom. The highest BCUT2D eigenvalue weighted by atomic mass is 16.5. The second-order valence-electron chi connectivity index (χ2n) is 7.70. The number of rotatable bonds is 9. The predicted molar refractivity (Wildman–Crippen MR) is 102 cm³/mol. The molecule has 1 amide bonds. The van der Waals surface area contributed by atoms with Crippen LogP contribution in [0.15, 0.2) is 0 Å². The van der Waals surface area contributed by atoms with Gasteiger partial charge in [-0.05, 0) is 32.2 Å². The highest BCUT2D eigenvalue weighted by molar-refractivity contribution is 5.78.